The van der Waals surface area contributed by atoms with E-state index in [1.165, 1.54) is 24.3 Å². The van der Waals surface area contributed by atoms with Gasteiger partial charge in [0.05, 0.1) is 0 Å². The molecule has 98 valence electrons. The van der Waals surface area contributed by atoms with Gasteiger partial charge in [0.25, 0.3) is 0 Å². The molecule has 0 aliphatic carbocycles. The van der Waals surface area contributed by atoms with Crippen molar-refractivity contribution in [1.82, 2.24) is 0 Å². The summed E-state index contributed by atoms with van der Waals surface area (Å²) in [6.07, 6.45) is 2.36. The van der Waals surface area contributed by atoms with E-state index in [4.69, 9.17) is 5.11 Å². The van der Waals surface area contributed by atoms with Crippen molar-refractivity contribution in [3.63, 3.8) is 0 Å². The van der Waals surface area contributed by atoms with E-state index >= 15 is 0 Å². The lowest BCUT2D eigenvalue weighted by Gasteiger charge is -2.23. The Morgan fingerprint density at radius 2 is 2.06 bits per heavy atom. The molecule has 2 rings (SSSR count). The zero-order chi connectivity index (χ0) is 12.8. The van der Waals surface area contributed by atoms with Gasteiger partial charge in [-0.25, -0.2) is 0 Å². The Balaban J connectivity index is 1.95. The Labute approximate surface area is 111 Å². The quantitative estimate of drug-likeness (QED) is 0.779. The summed E-state index contributed by atoms with van der Waals surface area (Å²) >= 11 is 2.00. The third-order valence-electron chi connectivity index (χ3n) is 2.88. The van der Waals surface area contributed by atoms with Crippen LogP contribution in [0.1, 0.15) is 12.8 Å². The second kappa shape index (κ2) is 6.66. The number of thioether (sulfide) groups is 1. The van der Waals surface area contributed by atoms with Crippen molar-refractivity contribution in [3.8, 4) is 0 Å². The number of hydrogen-bond donors (Lipinski definition) is 3. The molecule has 1 heterocycles. The average molecular weight is 266 g/mol. The van der Waals surface area contributed by atoms with E-state index in [1.807, 2.05) is 36.0 Å². The van der Waals surface area contributed by atoms with Crippen molar-refractivity contribution in [2.24, 2.45) is 0 Å². The number of carbonyl (C=O) groups is 1. The maximum Gasteiger partial charge on any atom is 0.250 e. The highest BCUT2D eigenvalue weighted by molar-refractivity contribution is 7.99. The van der Waals surface area contributed by atoms with Gasteiger partial charge in [0.15, 0.2) is 0 Å². The summed E-state index contributed by atoms with van der Waals surface area (Å²) in [5.41, 5.74) is 1.73. The van der Waals surface area contributed by atoms with Crippen LogP contribution in [0.5, 0.6) is 0 Å². The highest BCUT2D eigenvalue weighted by atomic mass is 32.2. The fourth-order valence-electron chi connectivity index (χ4n) is 1.96. The molecule has 1 aromatic carbocycles. The second-order valence-corrected chi connectivity index (χ2v) is 5.54. The highest BCUT2D eigenvalue weighted by Crippen LogP contribution is 2.22. The molecular formula is C13H18N2O2S. The molecule has 0 spiro atoms. The Kier molecular flexibility index (Phi) is 4.90. The number of hydrogen-bond acceptors (Lipinski definition) is 4. The number of amides is 1. The molecule has 0 radical (unpaired) electrons. The first kappa shape index (κ1) is 13.2. The topological polar surface area (TPSA) is 61.4 Å². The molecule has 0 unspecified atom stereocenters. The van der Waals surface area contributed by atoms with Gasteiger partial charge in [-0.3, -0.25) is 4.79 Å². The van der Waals surface area contributed by atoms with Crippen molar-refractivity contribution in [1.29, 1.82) is 0 Å². The van der Waals surface area contributed by atoms with Gasteiger partial charge in [-0.15, -0.1) is 0 Å². The molecule has 1 saturated heterocycles. The molecule has 18 heavy (non-hydrogen) atoms. The number of benzene rings is 1. The van der Waals surface area contributed by atoms with E-state index in [0.717, 1.165) is 5.69 Å². The van der Waals surface area contributed by atoms with Crippen LogP contribution in [0, 0.1) is 0 Å². The van der Waals surface area contributed by atoms with Gasteiger partial charge < -0.3 is 15.7 Å². The van der Waals surface area contributed by atoms with Gasteiger partial charge in [0.1, 0.15) is 6.61 Å². The average Bonchev–Trinajstić information content (AvgIpc) is 2.40. The Morgan fingerprint density at radius 3 is 2.78 bits per heavy atom. The van der Waals surface area contributed by atoms with Gasteiger partial charge in [0.2, 0.25) is 5.91 Å². The number of rotatable bonds is 4. The van der Waals surface area contributed by atoms with Crippen molar-refractivity contribution in [2.45, 2.75) is 18.9 Å². The van der Waals surface area contributed by atoms with Crippen LogP contribution in [0.15, 0.2) is 24.3 Å². The monoisotopic (exact) mass is 266 g/mol. The smallest absolute Gasteiger partial charge is 0.250 e. The minimum Gasteiger partial charge on any atom is -0.387 e. The normalized spacial score (nSPS) is 16.3. The molecule has 5 heteroatoms. The van der Waals surface area contributed by atoms with E-state index < -0.39 is 6.61 Å². The molecule has 0 saturated carbocycles. The van der Waals surface area contributed by atoms with Crippen LogP contribution in [0.25, 0.3) is 0 Å². The number of anilines is 2. The third-order valence-corrected chi connectivity index (χ3v) is 3.93. The number of aliphatic hydroxyl groups excluding tert-OH is 1. The maximum absolute atomic E-state index is 11.1. The van der Waals surface area contributed by atoms with Crippen LogP contribution in [0.3, 0.4) is 0 Å². The summed E-state index contributed by atoms with van der Waals surface area (Å²) in [7, 11) is 0. The number of aliphatic hydroxyl groups is 1. The van der Waals surface area contributed by atoms with Crippen molar-refractivity contribution >= 4 is 29.0 Å². The van der Waals surface area contributed by atoms with Gasteiger partial charge in [0, 0.05) is 17.4 Å². The zero-order valence-electron chi connectivity index (χ0n) is 10.2. The summed E-state index contributed by atoms with van der Waals surface area (Å²) in [4.78, 5) is 11.1. The van der Waals surface area contributed by atoms with E-state index in [-0.39, 0.29) is 5.91 Å². The van der Waals surface area contributed by atoms with Gasteiger partial charge >= 0.3 is 0 Å². The lowest BCUT2D eigenvalue weighted by molar-refractivity contribution is -0.118. The Morgan fingerprint density at radius 1 is 1.33 bits per heavy atom. The lowest BCUT2D eigenvalue weighted by Crippen LogP contribution is -2.24. The standard InChI is InChI=1S/C13H18N2O2S/c16-9-13(17)15-12-3-1-2-11(8-12)14-10-4-6-18-7-5-10/h1-3,8,10,14,16H,4-7,9H2,(H,15,17). The molecule has 1 aliphatic rings. The molecule has 0 bridgehead atoms. The van der Waals surface area contributed by atoms with Crippen LogP contribution < -0.4 is 10.6 Å². The first-order chi connectivity index (χ1) is 8.78. The summed E-state index contributed by atoms with van der Waals surface area (Å²) in [6.45, 7) is -0.489. The fraction of sp³-hybridized carbons (Fsp3) is 0.462. The van der Waals surface area contributed by atoms with Crippen molar-refractivity contribution in [3.05, 3.63) is 24.3 Å². The molecule has 0 atom stereocenters. The minimum atomic E-state index is -0.489. The molecule has 3 N–H and O–H groups in total. The number of nitrogens with one attached hydrogen (secondary N) is 2. The van der Waals surface area contributed by atoms with Crippen LogP contribution >= 0.6 is 11.8 Å². The van der Waals surface area contributed by atoms with Crippen LogP contribution in [-0.4, -0.2) is 35.2 Å². The Bertz CT molecular complexity index is 406. The molecule has 1 amide bonds. The summed E-state index contributed by atoms with van der Waals surface area (Å²) in [6, 6.07) is 8.13. The van der Waals surface area contributed by atoms with E-state index in [0.29, 0.717) is 11.7 Å². The predicted molar refractivity (Wildman–Crippen MR) is 76.1 cm³/mol. The molecule has 0 aromatic heterocycles. The molecule has 4 nitrogen and oxygen atoms in total. The zero-order valence-corrected chi connectivity index (χ0v) is 11.0. The predicted octanol–water partition coefficient (Wildman–Crippen LogP) is 1.92. The van der Waals surface area contributed by atoms with Crippen LogP contribution in [0.4, 0.5) is 11.4 Å². The van der Waals surface area contributed by atoms with E-state index in [1.54, 1.807) is 0 Å². The van der Waals surface area contributed by atoms with E-state index in [2.05, 4.69) is 10.6 Å². The first-order valence-corrected chi connectivity index (χ1v) is 7.28. The summed E-state index contributed by atoms with van der Waals surface area (Å²) < 4.78 is 0. The Hall–Kier alpha value is -1.20. The SMILES string of the molecule is O=C(CO)Nc1cccc(NC2CCSCC2)c1. The molecule has 1 aliphatic heterocycles. The molecule has 1 fully saturated rings. The first-order valence-electron chi connectivity index (χ1n) is 6.13. The lowest BCUT2D eigenvalue weighted by atomic mass is 10.1. The minimum absolute atomic E-state index is 0.388. The van der Waals surface area contributed by atoms with E-state index in [9.17, 15) is 4.79 Å². The van der Waals surface area contributed by atoms with Crippen molar-refractivity contribution < 1.29 is 9.90 Å². The maximum atomic E-state index is 11.1. The largest absolute Gasteiger partial charge is 0.387 e. The van der Waals surface area contributed by atoms with Crippen molar-refractivity contribution in [2.75, 3.05) is 28.7 Å². The van der Waals surface area contributed by atoms with Gasteiger partial charge in [-0.1, -0.05) is 6.07 Å². The van der Waals surface area contributed by atoms with Gasteiger partial charge in [-0.2, -0.15) is 11.8 Å². The fourth-order valence-corrected chi connectivity index (χ4v) is 3.07. The highest BCUT2D eigenvalue weighted by Gasteiger charge is 2.13. The molecular weight excluding hydrogens is 248 g/mol. The third kappa shape index (κ3) is 3.92. The van der Waals surface area contributed by atoms with Gasteiger partial charge in [-0.05, 0) is 42.5 Å². The summed E-state index contributed by atoms with van der Waals surface area (Å²) in [5.74, 6) is 2.03. The summed E-state index contributed by atoms with van der Waals surface area (Å²) in [5, 5.41) is 14.8. The second-order valence-electron chi connectivity index (χ2n) is 4.32. The van der Waals surface area contributed by atoms with Crippen LogP contribution in [0.2, 0.25) is 0 Å². The number of carbonyl (C=O) groups excluding carboxylic acids is 1. The van der Waals surface area contributed by atoms with Crippen LogP contribution in [-0.2, 0) is 4.79 Å². The molecule has 1 aromatic rings.